The smallest absolute Gasteiger partial charge is 0.119 e. The van der Waals surface area contributed by atoms with E-state index in [1.807, 2.05) is 30.3 Å². The van der Waals surface area contributed by atoms with Gasteiger partial charge in [-0.25, -0.2) is 0 Å². The Bertz CT molecular complexity index is 299. The van der Waals surface area contributed by atoms with Gasteiger partial charge in [-0.05, 0) is 30.4 Å². The minimum absolute atomic E-state index is 0.880. The molecule has 1 fully saturated rings. The second-order valence-corrected chi connectivity index (χ2v) is 5.25. The zero-order valence-electron chi connectivity index (χ0n) is 10.9. The van der Waals surface area contributed by atoms with Crippen LogP contribution in [0.5, 0.6) is 5.75 Å². The summed E-state index contributed by atoms with van der Waals surface area (Å²) in [6, 6.07) is 10.2. The first kappa shape index (κ1) is 12.5. The zero-order valence-corrected chi connectivity index (χ0v) is 10.9. The van der Waals surface area contributed by atoms with Crippen LogP contribution in [0, 0.1) is 11.8 Å². The molecule has 0 unspecified atom stereocenters. The third kappa shape index (κ3) is 4.07. The molecule has 0 saturated heterocycles. The Morgan fingerprint density at radius 2 is 1.65 bits per heavy atom. The van der Waals surface area contributed by atoms with E-state index in [9.17, 15) is 0 Å². The van der Waals surface area contributed by atoms with E-state index in [4.69, 9.17) is 4.74 Å². The largest absolute Gasteiger partial charge is 0.494 e. The maximum atomic E-state index is 5.76. The van der Waals surface area contributed by atoms with Gasteiger partial charge in [0.15, 0.2) is 0 Å². The summed E-state index contributed by atoms with van der Waals surface area (Å²) in [5, 5.41) is 0. The van der Waals surface area contributed by atoms with Crippen LogP contribution < -0.4 is 4.74 Å². The third-order valence-electron chi connectivity index (χ3n) is 4.08. The number of benzene rings is 1. The van der Waals surface area contributed by atoms with Gasteiger partial charge in [0.05, 0.1) is 6.61 Å². The Labute approximate surface area is 105 Å². The first-order valence-corrected chi connectivity index (χ1v) is 7.06. The number of rotatable bonds is 5. The average Bonchev–Trinajstić information content (AvgIpc) is 2.41. The number of hydrogen-bond acceptors (Lipinski definition) is 1. The van der Waals surface area contributed by atoms with Crippen molar-refractivity contribution >= 4 is 0 Å². The SMILES string of the molecule is CCC1CCC(CCOc2ccccc2)CC1. The van der Waals surface area contributed by atoms with E-state index in [1.165, 1.54) is 38.5 Å². The van der Waals surface area contributed by atoms with Crippen molar-refractivity contribution in [2.45, 2.75) is 45.4 Å². The van der Waals surface area contributed by atoms with Crippen LogP contribution in [0.4, 0.5) is 0 Å². The third-order valence-corrected chi connectivity index (χ3v) is 4.08. The molecule has 0 bridgehead atoms. The van der Waals surface area contributed by atoms with Crippen LogP contribution in [0.25, 0.3) is 0 Å². The van der Waals surface area contributed by atoms with Crippen molar-refractivity contribution in [1.82, 2.24) is 0 Å². The second kappa shape index (κ2) is 6.68. The van der Waals surface area contributed by atoms with Crippen molar-refractivity contribution < 1.29 is 4.74 Å². The maximum absolute atomic E-state index is 5.76. The van der Waals surface area contributed by atoms with Gasteiger partial charge in [-0.1, -0.05) is 57.2 Å². The molecule has 1 saturated carbocycles. The predicted molar refractivity (Wildman–Crippen MR) is 72.3 cm³/mol. The highest BCUT2D eigenvalue weighted by atomic mass is 16.5. The monoisotopic (exact) mass is 232 g/mol. The minimum atomic E-state index is 0.880. The molecule has 0 radical (unpaired) electrons. The lowest BCUT2D eigenvalue weighted by atomic mass is 9.80. The molecule has 0 amide bonds. The van der Waals surface area contributed by atoms with Gasteiger partial charge in [-0.2, -0.15) is 0 Å². The van der Waals surface area contributed by atoms with Gasteiger partial charge in [-0.15, -0.1) is 0 Å². The highest BCUT2D eigenvalue weighted by Gasteiger charge is 2.19. The Morgan fingerprint density at radius 1 is 1.00 bits per heavy atom. The van der Waals surface area contributed by atoms with E-state index in [2.05, 4.69) is 6.92 Å². The Hall–Kier alpha value is -0.980. The van der Waals surface area contributed by atoms with Gasteiger partial charge >= 0.3 is 0 Å². The van der Waals surface area contributed by atoms with Crippen molar-refractivity contribution in [2.24, 2.45) is 11.8 Å². The summed E-state index contributed by atoms with van der Waals surface area (Å²) in [5.41, 5.74) is 0. The number of hydrogen-bond donors (Lipinski definition) is 0. The van der Waals surface area contributed by atoms with Gasteiger partial charge in [0.1, 0.15) is 5.75 Å². The number of ether oxygens (including phenoxy) is 1. The Kier molecular flexibility index (Phi) is 4.90. The standard InChI is InChI=1S/C16H24O/c1-2-14-8-10-15(11-9-14)12-13-17-16-6-4-3-5-7-16/h3-7,14-15H,2,8-13H2,1H3. The fourth-order valence-corrected chi connectivity index (χ4v) is 2.79. The molecule has 0 atom stereocenters. The quantitative estimate of drug-likeness (QED) is 0.716. The van der Waals surface area contributed by atoms with Gasteiger partial charge in [0.2, 0.25) is 0 Å². The van der Waals surface area contributed by atoms with Crippen LogP contribution in [0.3, 0.4) is 0 Å². The van der Waals surface area contributed by atoms with E-state index in [1.54, 1.807) is 0 Å². The molecule has 1 aliphatic carbocycles. The zero-order chi connectivity index (χ0) is 11.9. The molecule has 17 heavy (non-hydrogen) atoms. The average molecular weight is 232 g/mol. The van der Waals surface area contributed by atoms with Crippen LogP contribution >= 0.6 is 0 Å². The molecule has 2 rings (SSSR count). The van der Waals surface area contributed by atoms with Gasteiger partial charge in [0.25, 0.3) is 0 Å². The predicted octanol–water partition coefficient (Wildman–Crippen LogP) is 4.67. The summed E-state index contributed by atoms with van der Waals surface area (Å²) in [5.74, 6) is 2.91. The Balaban J connectivity index is 1.63. The molecule has 94 valence electrons. The molecule has 1 aromatic carbocycles. The van der Waals surface area contributed by atoms with E-state index in [0.29, 0.717) is 0 Å². The van der Waals surface area contributed by atoms with Crippen LogP contribution in [0.2, 0.25) is 0 Å². The normalized spacial score (nSPS) is 24.5. The van der Waals surface area contributed by atoms with Crippen LogP contribution in [0.15, 0.2) is 30.3 Å². The molecule has 1 aromatic rings. The lowest BCUT2D eigenvalue weighted by molar-refractivity contribution is 0.215. The first-order chi connectivity index (χ1) is 8.38. The van der Waals surface area contributed by atoms with Crippen molar-refractivity contribution in [2.75, 3.05) is 6.61 Å². The van der Waals surface area contributed by atoms with Gasteiger partial charge < -0.3 is 4.74 Å². The molecule has 0 spiro atoms. The highest BCUT2D eigenvalue weighted by molar-refractivity contribution is 5.20. The lowest BCUT2D eigenvalue weighted by Gasteiger charge is -2.27. The summed E-state index contributed by atoms with van der Waals surface area (Å²) >= 11 is 0. The highest BCUT2D eigenvalue weighted by Crippen LogP contribution is 2.32. The van der Waals surface area contributed by atoms with Crippen molar-refractivity contribution in [3.05, 3.63) is 30.3 Å². The Morgan fingerprint density at radius 3 is 2.29 bits per heavy atom. The molecule has 1 nitrogen and oxygen atoms in total. The van der Waals surface area contributed by atoms with Crippen LogP contribution in [-0.4, -0.2) is 6.61 Å². The fourth-order valence-electron chi connectivity index (χ4n) is 2.79. The van der Waals surface area contributed by atoms with Crippen LogP contribution in [-0.2, 0) is 0 Å². The summed E-state index contributed by atoms with van der Waals surface area (Å²) in [4.78, 5) is 0. The molecular weight excluding hydrogens is 208 g/mol. The summed E-state index contributed by atoms with van der Waals surface area (Å²) in [6.07, 6.45) is 8.30. The number of para-hydroxylation sites is 1. The molecule has 0 N–H and O–H groups in total. The fraction of sp³-hybridized carbons (Fsp3) is 0.625. The van der Waals surface area contributed by atoms with Crippen molar-refractivity contribution in [1.29, 1.82) is 0 Å². The van der Waals surface area contributed by atoms with E-state index >= 15 is 0 Å². The van der Waals surface area contributed by atoms with Crippen molar-refractivity contribution in [3.63, 3.8) is 0 Å². The van der Waals surface area contributed by atoms with Crippen molar-refractivity contribution in [3.8, 4) is 5.75 Å². The summed E-state index contributed by atoms with van der Waals surface area (Å²) < 4.78 is 5.76. The van der Waals surface area contributed by atoms with E-state index in [0.717, 1.165) is 24.2 Å². The van der Waals surface area contributed by atoms with E-state index < -0.39 is 0 Å². The van der Waals surface area contributed by atoms with Gasteiger partial charge in [0, 0.05) is 0 Å². The molecule has 0 heterocycles. The lowest BCUT2D eigenvalue weighted by Crippen LogP contribution is -2.16. The summed E-state index contributed by atoms with van der Waals surface area (Å²) in [6.45, 7) is 3.20. The molecule has 0 aromatic heterocycles. The molecule has 1 heteroatoms. The topological polar surface area (TPSA) is 9.23 Å². The first-order valence-electron chi connectivity index (χ1n) is 7.06. The van der Waals surface area contributed by atoms with Gasteiger partial charge in [-0.3, -0.25) is 0 Å². The minimum Gasteiger partial charge on any atom is -0.494 e. The van der Waals surface area contributed by atoms with E-state index in [-0.39, 0.29) is 0 Å². The maximum Gasteiger partial charge on any atom is 0.119 e. The molecule has 1 aliphatic rings. The summed E-state index contributed by atoms with van der Waals surface area (Å²) in [7, 11) is 0. The molecular formula is C16H24O. The molecule has 0 aliphatic heterocycles. The van der Waals surface area contributed by atoms with Crippen LogP contribution in [0.1, 0.15) is 45.4 Å². The second-order valence-electron chi connectivity index (χ2n) is 5.25.